The minimum Gasteiger partial charge on any atom is -0.462 e. The van der Waals surface area contributed by atoms with E-state index in [1.165, 1.54) is 28.7 Å². The highest BCUT2D eigenvalue weighted by molar-refractivity contribution is 8.00. The Morgan fingerprint density at radius 3 is 2.64 bits per heavy atom. The predicted molar refractivity (Wildman–Crippen MR) is 135 cm³/mol. The van der Waals surface area contributed by atoms with Gasteiger partial charge in [0, 0.05) is 35.1 Å². The average Bonchev–Trinajstić information content (AvgIpc) is 3.16. The molecule has 0 atom stereocenters. The van der Waals surface area contributed by atoms with Gasteiger partial charge in [0.1, 0.15) is 5.00 Å². The van der Waals surface area contributed by atoms with E-state index in [-0.39, 0.29) is 17.6 Å². The zero-order chi connectivity index (χ0) is 23.2. The van der Waals surface area contributed by atoms with Crippen LogP contribution in [-0.4, -0.2) is 35.7 Å². The maximum atomic E-state index is 12.8. The highest BCUT2D eigenvalue weighted by atomic mass is 32.2. The molecule has 3 N–H and O–H groups in total. The molecular weight excluding hydrogens is 454 g/mol. The third kappa shape index (κ3) is 5.96. The summed E-state index contributed by atoms with van der Waals surface area (Å²) in [4.78, 5) is 29.9. The molecule has 0 saturated carbocycles. The molecule has 2 aromatic carbocycles. The van der Waals surface area contributed by atoms with Crippen molar-refractivity contribution in [3.63, 3.8) is 0 Å². The third-order valence-corrected chi connectivity index (χ3v) is 7.51. The standard InChI is InChI=1S/C25H27N3O3S2/c1-2-31-25(30)23-20-12-13-28(14-17-6-4-3-5-7-17)15-21(20)33-24(23)27-22(29)16-32-19-10-8-18(26)9-11-19/h3-11H,2,12-16,26H2,1H3,(H,27,29). The number of hydrogen-bond donors (Lipinski definition) is 2. The van der Waals surface area contributed by atoms with Crippen LogP contribution in [0.25, 0.3) is 0 Å². The monoisotopic (exact) mass is 481 g/mol. The van der Waals surface area contributed by atoms with E-state index in [1.807, 2.05) is 42.5 Å². The van der Waals surface area contributed by atoms with Gasteiger partial charge in [-0.25, -0.2) is 4.79 Å². The molecule has 0 fully saturated rings. The van der Waals surface area contributed by atoms with E-state index >= 15 is 0 Å². The lowest BCUT2D eigenvalue weighted by atomic mass is 10.0. The number of fused-ring (bicyclic) bond motifs is 1. The molecule has 6 nitrogen and oxygen atoms in total. The Balaban J connectivity index is 1.48. The number of rotatable bonds is 8. The van der Waals surface area contributed by atoms with E-state index in [0.717, 1.165) is 41.4 Å². The number of nitrogen functional groups attached to an aromatic ring is 1. The Labute approximate surface area is 202 Å². The van der Waals surface area contributed by atoms with Crippen molar-refractivity contribution < 1.29 is 14.3 Å². The first-order valence-corrected chi connectivity index (χ1v) is 12.7. The van der Waals surface area contributed by atoms with Crippen LogP contribution in [0.15, 0.2) is 59.5 Å². The second-order valence-corrected chi connectivity index (χ2v) is 9.93. The van der Waals surface area contributed by atoms with Crippen LogP contribution in [0.2, 0.25) is 0 Å². The van der Waals surface area contributed by atoms with Crippen molar-refractivity contribution in [2.24, 2.45) is 0 Å². The van der Waals surface area contributed by atoms with Crippen molar-refractivity contribution in [1.82, 2.24) is 4.90 Å². The van der Waals surface area contributed by atoms with Crippen LogP contribution in [0.4, 0.5) is 10.7 Å². The first-order chi connectivity index (χ1) is 16.0. The van der Waals surface area contributed by atoms with E-state index in [2.05, 4.69) is 22.3 Å². The van der Waals surface area contributed by atoms with Crippen LogP contribution < -0.4 is 11.1 Å². The largest absolute Gasteiger partial charge is 0.462 e. The summed E-state index contributed by atoms with van der Waals surface area (Å²) in [6.45, 7) is 4.54. The SMILES string of the molecule is CCOC(=O)c1c(NC(=O)CSc2ccc(N)cc2)sc2c1CCN(Cc1ccccc1)C2. The summed E-state index contributed by atoms with van der Waals surface area (Å²) >= 11 is 2.91. The molecule has 172 valence electrons. The molecule has 4 rings (SSSR count). The van der Waals surface area contributed by atoms with Crippen LogP contribution in [0.3, 0.4) is 0 Å². The van der Waals surface area contributed by atoms with Crippen molar-refractivity contribution in [3.8, 4) is 0 Å². The second kappa shape index (κ2) is 10.9. The second-order valence-electron chi connectivity index (χ2n) is 7.78. The molecule has 8 heteroatoms. The highest BCUT2D eigenvalue weighted by Crippen LogP contribution is 2.38. The molecule has 0 radical (unpaired) electrons. The lowest BCUT2D eigenvalue weighted by Crippen LogP contribution is -2.30. The number of carbonyl (C=O) groups is 2. The Hall–Kier alpha value is -2.81. The molecule has 0 bridgehead atoms. The number of ether oxygens (including phenoxy) is 1. The average molecular weight is 482 g/mol. The number of nitrogens with two attached hydrogens (primary N) is 1. The van der Waals surface area contributed by atoms with Crippen molar-refractivity contribution in [1.29, 1.82) is 0 Å². The van der Waals surface area contributed by atoms with E-state index in [0.29, 0.717) is 22.9 Å². The van der Waals surface area contributed by atoms with Gasteiger partial charge in [-0.15, -0.1) is 23.1 Å². The molecule has 33 heavy (non-hydrogen) atoms. The Kier molecular flexibility index (Phi) is 7.69. The van der Waals surface area contributed by atoms with Crippen molar-refractivity contribution in [3.05, 3.63) is 76.2 Å². The highest BCUT2D eigenvalue weighted by Gasteiger charge is 2.29. The minimum absolute atomic E-state index is 0.151. The van der Waals surface area contributed by atoms with E-state index in [9.17, 15) is 9.59 Å². The van der Waals surface area contributed by atoms with Gasteiger partial charge < -0.3 is 15.8 Å². The number of hydrogen-bond acceptors (Lipinski definition) is 7. The molecule has 1 aliphatic rings. The zero-order valence-corrected chi connectivity index (χ0v) is 20.1. The summed E-state index contributed by atoms with van der Waals surface area (Å²) in [5, 5.41) is 3.55. The minimum atomic E-state index is -0.368. The fourth-order valence-corrected chi connectivity index (χ4v) is 5.81. The summed E-state index contributed by atoms with van der Waals surface area (Å²) in [7, 11) is 0. The molecule has 3 aromatic rings. The van der Waals surface area contributed by atoms with Gasteiger partial charge in [0.05, 0.1) is 17.9 Å². The van der Waals surface area contributed by atoms with E-state index in [4.69, 9.17) is 10.5 Å². The van der Waals surface area contributed by atoms with Crippen LogP contribution >= 0.6 is 23.1 Å². The number of amides is 1. The van der Waals surface area contributed by atoms with Gasteiger partial charge in [-0.3, -0.25) is 9.69 Å². The Bertz CT molecular complexity index is 1110. The predicted octanol–water partition coefficient (Wildman–Crippen LogP) is 4.80. The molecule has 1 amide bonds. The normalized spacial score (nSPS) is 13.4. The Morgan fingerprint density at radius 1 is 1.15 bits per heavy atom. The number of anilines is 2. The summed E-state index contributed by atoms with van der Waals surface area (Å²) in [5.74, 6) is -0.273. The first-order valence-electron chi connectivity index (χ1n) is 10.9. The summed E-state index contributed by atoms with van der Waals surface area (Å²) in [6.07, 6.45) is 0.753. The van der Waals surface area contributed by atoms with Crippen molar-refractivity contribution in [2.75, 3.05) is 30.0 Å². The topological polar surface area (TPSA) is 84.7 Å². The molecule has 1 aliphatic heterocycles. The van der Waals surface area contributed by atoms with Crippen molar-refractivity contribution in [2.45, 2.75) is 31.3 Å². The summed E-state index contributed by atoms with van der Waals surface area (Å²) in [5.41, 5.74) is 9.19. The maximum Gasteiger partial charge on any atom is 0.341 e. The smallest absolute Gasteiger partial charge is 0.341 e. The molecular formula is C25H27N3O3S2. The zero-order valence-electron chi connectivity index (χ0n) is 18.5. The van der Waals surface area contributed by atoms with Crippen LogP contribution in [0, 0.1) is 0 Å². The van der Waals surface area contributed by atoms with Gasteiger partial charge in [0.2, 0.25) is 5.91 Å². The molecule has 0 aliphatic carbocycles. The molecule has 2 heterocycles. The van der Waals surface area contributed by atoms with Crippen LogP contribution in [0.1, 0.15) is 33.3 Å². The van der Waals surface area contributed by atoms with Crippen molar-refractivity contribution >= 4 is 45.7 Å². The van der Waals surface area contributed by atoms with Gasteiger partial charge in [0.15, 0.2) is 0 Å². The van der Waals surface area contributed by atoms with Gasteiger partial charge >= 0.3 is 5.97 Å². The fourth-order valence-electron chi connectivity index (χ4n) is 3.82. The van der Waals surface area contributed by atoms with Gasteiger partial charge in [-0.05, 0) is 48.7 Å². The lowest BCUT2D eigenvalue weighted by Gasteiger charge is -2.27. The van der Waals surface area contributed by atoms with E-state index in [1.54, 1.807) is 6.92 Å². The molecule has 0 unspecified atom stereocenters. The van der Waals surface area contributed by atoms with E-state index < -0.39 is 0 Å². The summed E-state index contributed by atoms with van der Waals surface area (Å²) in [6, 6.07) is 17.8. The van der Waals surface area contributed by atoms with Gasteiger partial charge in [0.25, 0.3) is 0 Å². The van der Waals surface area contributed by atoms with Crippen LogP contribution in [-0.2, 0) is 29.0 Å². The number of thiophene rings is 1. The molecule has 0 spiro atoms. The number of carbonyl (C=O) groups excluding carboxylic acids is 2. The summed E-state index contributed by atoms with van der Waals surface area (Å²) < 4.78 is 5.32. The first kappa shape index (κ1) is 23.4. The maximum absolute atomic E-state index is 12.8. The third-order valence-electron chi connectivity index (χ3n) is 5.37. The van der Waals surface area contributed by atoms with Gasteiger partial charge in [-0.1, -0.05) is 30.3 Å². The molecule has 0 saturated heterocycles. The quantitative estimate of drug-likeness (QED) is 0.273. The number of benzene rings is 2. The Morgan fingerprint density at radius 2 is 1.91 bits per heavy atom. The fraction of sp³-hybridized carbons (Fsp3) is 0.280. The van der Waals surface area contributed by atoms with Crippen LogP contribution in [0.5, 0.6) is 0 Å². The number of nitrogens with one attached hydrogen (secondary N) is 1. The van der Waals surface area contributed by atoms with Gasteiger partial charge in [-0.2, -0.15) is 0 Å². The lowest BCUT2D eigenvalue weighted by molar-refractivity contribution is -0.113. The number of thioether (sulfide) groups is 1. The molecule has 1 aromatic heterocycles. The number of esters is 1. The number of nitrogens with zero attached hydrogens (tertiary/aromatic N) is 1.